The van der Waals surface area contributed by atoms with Gasteiger partial charge in [0.1, 0.15) is 54.9 Å². The summed E-state index contributed by atoms with van der Waals surface area (Å²) in [7, 11) is 0. The van der Waals surface area contributed by atoms with Crippen LogP contribution in [0.1, 0.15) is 6.92 Å². The quantitative estimate of drug-likeness (QED) is 0.154. The number of aliphatic hydroxyl groups is 9. The molecule has 2 aliphatic rings. The summed E-state index contributed by atoms with van der Waals surface area (Å²) in [6.07, 6.45) is -14.4. The molecule has 10 N–H and O–H groups in total. The molecule has 0 saturated carbocycles. The summed E-state index contributed by atoms with van der Waals surface area (Å²) in [5.41, 5.74) is 0. The van der Waals surface area contributed by atoms with Crippen LogP contribution in [0.25, 0.3) is 0 Å². The number of rotatable bonds is 7. The van der Waals surface area contributed by atoms with E-state index >= 15 is 0 Å². The molecule has 2 saturated heterocycles. The Labute approximate surface area is 182 Å². The highest BCUT2D eigenvalue weighted by atomic mass is 16.7. The summed E-state index contributed by atoms with van der Waals surface area (Å²) in [4.78, 5) is 20.6. The smallest absolute Gasteiger partial charge is 0.217 e. The molecule has 2 rings (SSSR count). The van der Waals surface area contributed by atoms with Gasteiger partial charge in [-0.3, -0.25) is 4.79 Å². The molecule has 0 aromatic rings. The highest BCUT2D eigenvalue weighted by molar-refractivity contribution is 5.73. The monoisotopic (exact) mass is 473 g/mol. The third-order valence-corrected chi connectivity index (χ3v) is 4.71. The van der Waals surface area contributed by atoms with E-state index in [-0.39, 0.29) is 6.29 Å². The third kappa shape index (κ3) is 7.62. The van der Waals surface area contributed by atoms with Crippen LogP contribution < -0.4 is 5.32 Å². The lowest BCUT2D eigenvalue weighted by Gasteiger charge is -2.43. The van der Waals surface area contributed by atoms with Gasteiger partial charge in [-0.25, -0.2) is 0 Å². The average Bonchev–Trinajstić information content (AvgIpc) is 2.77. The fraction of sp³-hybridized carbons (Fsp3) is 0.882. The Morgan fingerprint density at radius 2 is 1.56 bits per heavy atom. The van der Waals surface area contributed by atoms with E-state index in [1.54, 1.807) is 0 Å². The van der Waals surface area contributed by atoms with Crippen LogP contribution in [0.2, 0.25) is 0 Å². The lowest BCUT2D eigenvalue weighted by Crippen LogP contribution is -2.65. The van der Waals surface area contributed by atoms with Crippen molar-refractivity contribution in [2.75, 3.05) is 19.8 Å². The van der Waals surface area contributed by atoms with E-state index in [0.717, 1.165) is 0 Å². The standard InChI is InChI=1S/C14H25NO11.C3H6O3/c1-4(17)15-7-10(20)8(18)5(2-16)26-14(7)24-3-6-9(19)11(21)12(22)13(23)25-6;4-1-3(6)2-5/h5-14,16,18-23H,2-3H2,1H3,(H,15,17);1,3,5-6H,2H2/t5-,6-,7-,8-,9+,10-,11+,12-,13-,14-;3-/m10/s1. The SMILES string of the molecule is CC(=O)N[C@H]1[C@H](OC[C@H]2O[C@@H](O)[C@H](O)[C@@H](O)[C@H]2O)O[C@H](CO)[C@@H](O)[C@@H]1O.O=C[C@H](O)CO. The number of ether oxygens (including phenoxy) is 3. The van der Waals surface area contributed by atoms with Gasteiger partial charge in [-0.1, -0.05) is 0 Å². The molecule has 0 spiro atoms. The Morgan fingerprint density at radius 1 is 0.969 bits per heavy atom. The molecule has 0 aromatic carbocycles. The molecular weight excluding hydrogens is 442 g/mol. The van der Waals surface area contributed by atoms with Crippen molar-refractivity contribution >= 4 is 12.2 Å². The minimum atomic E-state index is -1.75. The highest BCUT2D eigenvalue weighted by Gasteiger charge is 2.47. The van der Waals surface area contributed by atoms with E-state index in [1.807, 2.05) is 0 Å². The molecule has 0 bridgehead atoms. The van der Waals surface area contributed by atoms with E-state index in [9.17, 15) is 45.3 Å². The molecule has 2 aliphatic heterocycles. The first-order chi connectivity index (χ1) is 15.0. The number of amides is 1. The van der Waals surface area contributed by atoms with Gasteiger partial charge in [-0.05, 0) is 0 Å². The van der Waals surface area contributed by atoms with Crippen molar-refractivity contribution in [3.05, 3.63) is 0 Å². The summed E-state index contributed by atoms with van der Waals surface area (Å²) >= 11 is 0. The molecule has 15 heteroatoms. The molecule has 32 heavy (non-hydrogen) atoms. The summed E-state index contributed by atoms with van der Waals surface area (Å²) in [5.74, 6) is -0.538. The van der Waals surface area contributed by atoms with Gasteiger partial charge in [-0.15, -0.1) is 0 Å². The third-order valence-electron chi connectivity index (χ3n) is 4.71. The Hall–Kier alpha value is -1.34. The largest absolute Gasteiger partial charge is 0.394 e. The maximum Gasteiger partial charge on any atom is 0.217 e. The molecule has 0 aromatic heterocycles. The van der Waals surface area contributed by atoms with Crippen LogP contribution in [0.5, 0.6) is 0 Å². The van der Waals surface area contributed by atoms with Crippen molar-refractivity contribution in [1.82, 2.24) is 5.32 Å². The zero-order valence-electron chi connectivity index (χ0n) is 17.1. The van der Waals surface area contributed by atoms with Gasteiger partial charge in [0.25, 0.3) is 0 Å². The van der Waals surface area contributed by atoms with Gasteiger partial charge in [0, 0.05) is 6.92 Å². The molecule has 2 heterocycles. The molecule has 2 fully saturated rings. The average molecular weight is 473 g/mol. The number of hydrogen-bond donors (Lipinski definition) is 10. The van der Waals surface area contributed by atoms with E-state index in [1.165, 1.54) is 6.92 Å². The molecule has 0 radical (unpaired) electrons. The van der Waals surface area contributed by atoms with Crippen molar-refractivity contribution in [2.24, 2.45) is 0 Å². The van der Waals surface area contributed by atoms with E-state index in [2.05, 4.69) is 5.32 Å². The van der Waals surface area contributed by atoms with Gasteiger partial charge in [0.2, 0.25) is 5.91 Å². The van der Waals surface area contributed by atoms with E-state index in [0.29, 0.717) is 0 Å². The van der Waals surface area contributed by atoms with Gasteiger partial charge in [-0.2, -0.15) is 0 Å². The molecule has 15 nitrogen and oxygen atoms in total. The number of aldehydes is 1. The van der Waals surface area contributed by atoms with Crippen LogP contribution in [0.3, 0.4) is 0 Å². The molecule has 188 valence electrons. The Morgan fingerprint density at radius 3 is 2.03 bits per heavy atom. The number of hydrogen-bond acceptors (Lipinski definition) is 14. The first-order valence-corrected chi connectivity index (χ1v) is 9.61. The fourth-order valence-electron chi connectivity index (χ4n) is 2.91. The second-order valence-electron chi connectivity index (χ2n) is 7.19. The first kappa shape index (κ1) is 28.7. The topological polar surface area (TPSA) is 256 Å². The van der Waals surface area contributed by atoms with Crippen LogP contribution in [-0.4, -0.2) is 145 Å². The first-order valence-electron chi connectivity index (χ1n) is 9.61. The Kier molecular flexibility index (Phi) is 12.0. The Balaban J connectivity index is 0.000000751. The minimum absolute atomic E-state index is 0.278. The predicted molar refractivity (Wildman–Crippen MR) is 99.4 cm³/mol. The highest BCUT2D eigenvalue weighted by Crippen LogP contribution is 2.25. The number of aliphatic hydroxyl groups excluding tert-OH is 9. The van der Waals surface area contributed by atoms with Crippen molar-refractivity contribution in [3.8, 4) is 0 Å². The van der Waals surface area contributed by atoms with Crippen LogP contribution >= 0.6 is 0 Å². The maximum atomic E-state index is 11.3. The summed E-state index contributed by atoms with van der Waals surface area (Å²) < 4.78 is 15.7. The second kappa shape index (κ2) is 13.4. The normalized spacial score (nSPS) is 40.6. The zero-order valence-corrected chi connectivity index (χ0v) is 17.1. The molecule has 0 aliphatic carbocycles. The predicted octanol–water partition coefficient (Wildman–Crippen LogP) is -6.71. The number of carbonyl (C=O) groups is 2. The lowest BCUT2D eigenvalue weighted by molar-refractivity contribution is -0.311. The zero-order chi connectivity index (χ0) is 24.6. The van der Waals surface area contributed by atoms with Gasteiger partial charge < -0.3 is 70.3 Å². The van der Waals surface area contributed by atoms with Crippen molar-refractivity contribution in [1.29, 1.82) is 0 Å². The number of carbonyl (C=O) groups excluding carboxylic acids is 2. The van der Waals surface area contributed by atoms with E-state index < -0.39 is 93.2 Å². The van der Waals surface area contributed by atoms with Gasteiger partial charge in [0.15, 0.2) is 18.9 Å². The fourth-order valence-corrected chi connectivity index (χ4v) is 2.91. The van der Waals surface area contributed by atoms with Crippen molar-refractivity contribution < 1.29 is 69.8 Å². The second-order valence-corrected chi connectivity index (χ2v) is 7.19. The van der Waals surface area contributed by atoms with Crippen LogP contribution in [0, 0.1) is 0 Å². The van der Waals surface area contributed by atoms with Crippen LogP contribution in [-0.2, 0) is 23.8 Å². The Bertz CT molecular complexity index is 581. The van der Waals surface area contributed by atoms with Crippen LogP contribution in [0.15, 0.2) is 0 Å². The molecule has 0 unspecified atom stereocenters. The molecular formula is C17H31NO14. The number of nitrogens with one attached hydrogen (secondary N) is 1. The van der Waals surface area contributed by atoms with Crippen LogP contribution in [0.4, 0.5) is 0 Å². The minimum Gasteiger partial charge on any atom is -0.394 e. The maximum absolute atomic E-state index is 11.3. The summed E-state index contributed by atoms with van der Waals surface area (Å²) in [6.45, 7) is -0.388. The molecule has 11 atom stereocenters. The van der Waals surface area contributed by atoms with Gasteiger partial charge in [0.05, 0.1) is 19.8 Å². The molecule has 1 amide bonds. The van der Waals surface area contributed by atoms with Crippen molar-refractivity contribution in [2.45, 2.75) is 74.4 Å². The van der Waals surface area contributed by atoms with E-state index in [4.69, 9.17) is 24.4 Å². The summed E-state index contributed by atoms with van der Waals surface area (Å²) in [5, 5.41) is 86.0. The summed E-state index contributed by atoms with van der Waals surface area (Å²) in [6, 6.07) is -1.19. The lowest BCUT2D eigenvalue weighted by atomic mass is 9.96. The van der Waals surface area contributed by atoms with Crippen molar-refractivity contribution in [3.63, 3.8) is 0 Å². The van der Waals surface area contributed by atoms with Gasteiger partial charge >= 0.3 is 0 Å².